The van der Waals surface area contributed by atoms with Gasteiger partial charge in [-0.3, -0.25) is 4.79 Å². The predicted octanol–water partition coefficient (Wildman–Crippen LogP) is 3.49. The second-order valence-electron chi connectivity index (χ2n) is 8.17. The van der Waals surface area contributed by atoms with Crippen molar-refractivity contribution in [2.24, 2.45) is 5.73 Å². The predicted molar refractivity (Wildman–Crippen MR) is 125 cm³/mol. The molecule has 0 bridgehead atoms. The van der Waals surface area contributed by atoms with Gasteiger partial charge in [0.15, 0.2) is 0 Å². The van der Waals surface area contributed by atoms with Crippen LogP contribution in [0.15, 0.2) is 42.6 Å². The topological polar surface area (TPSA) is 87.4 Å². The number of nitrogens with one attached hydrogen (secondary N) is 1. The largest absolute Gasteiger partial charge is 0.367 e. The number of hydrogen-bond acceptors (Lipinski definition) is 6. The molecule has 1 fully saturated rings. The fourth-order valence-corrected chi connectivity index (χ4v) is 4.02. The maximum atomic E-state index is 14.9. The van der Waals surface area contributed by atoms with Crippen LogP contribution < -0.4 is 16.0 Å². The molecule has 0 atom stereocenters. The maximum Gasteiger partial charge on any atom is 0.252 e. The monoisotopic (exact) mass is 434 g/mol. The minimum atomic E-state index is -0.600. The van der Waals surface area contributed by atoms with Gasteiger partial charge in [-0.05, 0) is 50.2 Å². The summed E-state index contributed by atoms with van der Waals surface area (Å²) in [5.74, 6) is -0.639. The van der Waals surface area contributed by atoms with Crippen molar-refractivity contribution in [1.82, 2.24) is 14.9 Å². The third-order valence-corrected chi connectivity index (χ3v) is 5.82. The Balaban J connectivity index is 1.64. The van der Waals surface area contributed by atoms with E-state index >= 15 is 0 Å². The van der Waals surface area contributed by atoms with Crippen LogP contribution in [0.4, 0.5) is 21.7 Å². The Bertz CT molecular complexity index is 1140. The van der Waals surface area contributed by atoms with Crippen LogP contribution in [0.2, 0.25) is 0 Å². The Morgan fingerprint density at radius 1 is 1.09 bits per heavy atom. The number of anilines is 3. The fourth-order valence-electron chi connectivity index (χ4n) is 4.02. The zero-order valence-corrected chi connectivity index (χ0v) is 18.5. The molecule has 0 radical (unpaired) electrons. The summed E-state index contributed by atoms with van der Waals surface area (Å²) in [5.41, 5.74) is 10.2. The number of piperazine rings is 1. The third kappa shape index (κ3) is 4.40. The number of aromatic nitrogens is 2. The summed E-state index contributed by atoms with van der Waals surface area (Å²) in [5, 5.41) is 3.06. The molecule has 8 heteroatoms. The van der Waals surface area contributed by atoms with Crippen molar-refractivity contribution in [2.45, 2.75) is 13.8 Å². The third-order valence-electron chi connectivity index (χ3n) is 5.82. The smallest absolute Gasteiger partial charge is 0.252 e. The number of carbonyl (C=O) groups excluding carboxylic acids is 1. The highest BCUT2D eigenvalue weighted by Gasteiger charge is 2.19. The standard InChI is InChI=1S/C24H27FN6O/c1-15-5-4-6-16(2)21(15)22-18(23(26)32)14-27-24(29-22)28-17-7-8-20(19(25)13-17)31-11-9-30(3)10-12-31/h4-8,13-14H,9-12H2,1-3H3,(H2,26,32)(H,27,28,29). The highest BCUT2D eigenvalue weighted by molar-refractivity contribution is 5.99. The minimum Gasteiger partial charge on any atom is -0.367 e. The lowest BCUT2D eigenvalue weighted by atomic mass is 9.97. The highest BCUT2D eigenvalue weighted by Crippen LogP contribution is 2.30. The van der Waals surface area contributed by atoms with Crippen molar-refractivity contribution in [3.63, 3.8) is 0 Å². The van der Waals surface area contributed by atoms with Gasteiger partial charge in [0.1, 0.15) is 5.82 Å². The van der Waals surface area contributed by atoms with Crippen molar-refractivity contribution in [3.05, 3.63) is 65.1 Å². The first-order chi connectivity index (χ1) is 15.3. The first-order valence-electron chi connectivity index (χ1n) is 10.6. The van der Waals surface area contributed by atoms with Crippen molar-refractivity contribution in [1.29, 1.82) is 0 Å². The van der Waals surface area contributed by atoms with Crippen LogP contribution in [-0.4, -0.2) is 54.0 Å². The van der Waals surface area contributed by atoms with Crippen LogP contribution in [0.3, 0.4) is 0 Å². The zero-order valence-electron chi connectivity index (χ0n) is 18.5. The van der Waals surface area contributed by atoms with Crippen LogP contribution in [0.25, 0.3) is 11.3 Å². The molecule has 32 heavy (non-hydrogen) atoms. The number of benzene rings is 2. The van der Waals surface area contributed by atoms with Crippen LogP contribution >= 0.6 is 0 Å². The summed E-state index contributed by atoms with van der Waals surface area (Å²) in [6, 6.07) is 10.9. The van der Waals surface area contributed by atoms with E-state index in [0.29, 0.717) is 17.1 Å². The number of nitrogens with two attached hydrogens (primary N) is 1. The highest BCUT2D eigenvalue weighted by atomic mass is 19.1. The average molecular weight is 435 g/mol. The molecule has 1 aliphatic heterocycles. The molecule has 7 nitrogen and oxygen atoms in total. The quantitative estimate of drug-likeness (QED) is 0.639. The van der Waals surface area contributed by atoms with Crippen molar-refractivity contribution in [2.75, 3.05) is 43.4 Å². The van der Waals surface area contributed by atoms with E-state index in [-0.39, 0.29) is 17.3 Å². The van der Waals surface area contributed by atoms with Gasteiger partial charge >= 0.3 is 0 Å². The molecule has 3 N–H and O–H groups in total. The molecule has 2 heterocycles. The summed E-state index contributed by atoms with van der Waals surface area (Å²) in [7, 11) is 2.07. The van der Waals surface area contributed by atoms with Gasteiger partial charge in [-0.15, -0.1) is 0 Å². The Morgan fingerprint density at radius 2 is 1.78 bits per heavy atom. The van der Waals surface area contributed by atoms with Gasteiger partial charge < -0.3 is 20.9 Å². The number of amides is 1. The van der Waals surface area contributed by atoms with Crippen LogP contribution in [0.1, 0.15) is 21.5 Å². The normalized spacial score (nSPS) is 14.4. The molecular weight excluding hydrogens is 407 g/mol. The summed E-state index contributed by atoms with van der Waals surface area (Å²) in [6.45, 7) is 7.29. The first kappa shape index (κ1) is 21.7. The molecule has 1 aromatic heterocycles. The van der Waals surface area contributed by atoms with Gasteiger partial charge in [-0.25, -0.2) is 14.4 Å². The Morgan fingerprint density at radius 3 is 2.41 bits per heavy atom. The summed E-state index contributed by atoms with van der Waals surface area (Å²) >= 11 is 0. The Labute approximate surface area is 187 Å². The Kier molecular flexibility index (Phi) is 6.05. The van der Waals surface area contributed by atoms with Crippen LogP contribution in [-0.2, 0) is 0 Å². The molecule has 3 aromatic rings. The number of halogens is 1. The molecular formula is C24H27FN6O. The van der Waals surface area contributed by atoms with Crippen molar-refractivity contribution < 1.29 is 9.18 Å². The lowest BCUT2D eigenvalue weighted by Crippen LogP contribution is -2.44. The lowest BCUT2D eigenvalue weighted by molar-refractivity contribution is 0.100. The fraction of sp³-hybridized carbons (Fsp3) is 0.292. The van der Waals surface area contributed by atoms with Gasteiger partial charge in [0.25, 0.3) is 5.91 Å². The minimum absolute atomic E-state index is 0.240. The number of hydrogen-bond donors (Lipinski definition) is 2. The van der Waals surface area contributed by atoms with Gasteiger partial charge in [0.05, 0.1) is 16.9 Å². The van der Waals surface area contributed by atoms with E-state index in [1.165, 1.54) is 12.3 Å². The molecule has 166 valence electrons. The number of aryl methyl sites for hydroxylation is 2. The van der Waals surface area contributed by atoms with Crippen LogP contribution in [0.5, 0.6) is 0 Å². The van der Waals surface area contributed by atoms with Gasteiger partial charge in [0.2, 0.25) is 5.95 Å². The molecule has 1 amide bonds. The average Bonchev–Trinajstić information content (AvgIpc) is 2.75. The molecule has 2 aromatic carbocycles. The molecule has 0 aliphatic carbocycles. The van der Waals surface area contributed by atoms with Gasteiger partial charge in [-0.1, -0.05) is 18.2 Å². The molecule has 1 aliphatic rings. The number of carbonyl (C=O) groups is 1. The van der Waals surface area contributed by atoms with Gasteiger partial charge in [-0.2, -0.15) is 0 Å². The second-order valence-corrected chi connectivity index (χ2v) is 8.17. The van der Waals surface area contributed by atoms with Crippen molar-refractivity contribution >= 4 is 23.2 Å². The molecule has 0 saturated carbocycles. The van der Waals surface area contributed by atoms with E-state index in [4.69, 9.17) is 5.73 Å². The van der Waals surface area contributed by atoms with Crippen molar-refractivity contribution in [3.8, 4) is 11.3 Å². The summed E-state index contributed by atoms with van der Waals surface area (Å²) < 4.78 is 14.9. The summed E-state index contributed by atoms with van der Waals surface area (Å²) in [6.07, 6.45) is 1.41. The number of rotatable bonds is 5. The molecule has 1 saturated heterocycles. The van der Waals surface area contributed by atoms with E-state index in [0.717, 1.165) is 42.9 Å². The van der Waals surface area contributed by atoms with Gasteiger partial charge in [0, 0.05) is 43.6 Å². The molecule has 0 unspecified atom stereocenters. The SMILES string of the molecule is Cc1cccc(C)c1-c1nc(Nc2ccc(N3CCN(C)CC3)c(F)c2)ncc1C(N)=O. The molecule has 0 spiro atoms. The maximum absolute atomic E-state index is 14.9. The van der Waals surface area contributed by atoms with E-state index in [1.54, 1.807) is 12.1 Å². The van der Waals surface area contributed by atoms with E-state index in [1.807, 2.05) is 32.0 Å². The lowest BCUT2D eigenvalue weighted by Gasteiger charge is -2.34. The second kappa shape index (κ2) is 8.92. The van der Waals surface area contributed by atoms with E-state index < -0.39 is 5.91 Å². The number of primary amides is 1. The van der Waals surface area contributed by atoms with Crippen LogP contribution in [0, 0.1) is 19.7 Å². The number of likely N-dealkylation sites (N-methyl/N-ethyl adjacent to an activating group) is 1. The molecule has 4 rings (SSSR count). The first-order valence-corrected chi connectivity index (χ1v) is 10.6. The zero-order chi connectivity index (χ0) is 22.8. The van der Waals surface area contributed by atoms with E-state index in [9.17, 15) is 9.18 Å². The van der Waals surface area contributed by atoms with E-state index in [2.05, 4.69) is 32.1 Å². The number of nitrogens with zero attached hydrogens (tertiary/aromatic N) is 4. The summed E-state index contributed by atoms with van der Waals surface area (Å²) in [4.78, 5) is 25.1. The Hall–Kier alpha value is -3.52.